The van der Waals surface area contributed by atoms with Crippen LogP contribution in [0.25, 0.3) is 0 Å². The van der Waals surface area contributed by atoms with Crippen molar-refractivity contribution in [2.24, 2.45) is 0 Å². The van der Waals surface area contributed by atoms with Crippen LogP contribution >= 0.6 is 0 Å². The van der Waals surface area contributed by atoms with Gasteiger partial charge in [-0.25, -0.2) is 4.39 Å². The number of carbonyl (C=O) groups is 1. The lowest BCUT2D eigenvalue weighted by molar-refractivity contribution is -0.140. The van der Waals surface area contributed by atoms with Crippen LogP contribution in [0.5, 0.6) is 11.5 Å². The second-order valence-electron chi connectivity index (χ2n) is 5.90. The van der Waals surface area contributed by atoms with Crippen LogP contribution in [0.1, 0.15) is 37.8 Å². The van der Waals surface area contributed by atoms with Crippen LogP contribution in [0.4, 0.5) is 4.39 Å². The van der Waals surface area contributed by atoms with Gasteiger partial charge >= 0.3 is 5.97 Å². The van der Waals surface area contributed by atoms with Gasteiger partial charge in [-0.2, -0.15) is 0 Å². The Labute approximate surface area is 116 Å². The highest BCUT2D eigenvalue weighted by atomic mass is 19.1. The SMILES string of the molecule is CC(C)(F)c1cc2c(cc1C1(C(=O)O)CC1)OCCO2. The molecule has 108 valence electrons. The van der Waals surface area contributed by atoms with Gasteiger partial charge in [-0.3, -0.25) is 4.79 Å². The first-order valence-electron chi connectivity index (χ1n) is 6.71. The molecular weight excluding hydrogens is 263 g/mol. The molecular formula is C15H17FO4. The fourth-order valence-electron chi connectivity index (χ4n) is 2.70. The van der Waals surface area contributed by atoms with E-state index in [-0.39, 0.29) is 0 Å². The van der Waals surface area contributed by atoms with Crippen molar-refractivity contribution in [3.63, 3.8) is 0 Å². The Morgan fingerprint density at radius 3 is 2.25 bits per heavy atom. The first kappa shape index (κ1) is 13.2. The predicted octanol–water partition coefficient (Wildman–Crippen LogP) is 2.78. The van der Waals surface area contributed by atoms with Crippen LogP contribution in [0.2, 0.25) is 0 Å². The summed E-state index contributed by atoms with van der Waals surface area (Å²) in [7, 11) is 0. The Morgan fingerprint density at radius 1 is 1.25 bits per heavy atom. The molecule has 0 aromatic heterocycles. The lowest BCUT2D eigenvalue weighted by Gasteiger charge is -2.27. The van der Waals surface area contributed by atoms with Crippen molar-refractivity contribution in [3.05, 3.63) is 23.3 Å². The Bertz CT molecular complexity index is 570. The maximum atomic E-state index is 14.5. The average Bonchev–Trinajstić information content (AvgIpc) is 3.17. The summed E-state index contributed by atoms with van der Waals surface area (Å²) < 4.78 is 25.4. The van der Waals surface area contributed by atoms with Gasteiger partial charge in [0.25, 0.3) is 0 Å². The number of hydrogen-bond donors (Lipinski definition) is 1. The summed E-state index contributed by atoms with van der Waals surface area (Å²) in [5.41, 5.74) is -1.70. The third kappa shape index (κ3) is 1.92. The summed E-state index contributed by atoms with van der Waals surface area (Å²) in [6.07, 6.45) is 1.07. The van der Waals surface area contributed by atoms with E-state index in [9.17, 15) is 14.3 Å². The summed E-state index contributed by atoms with van der Waals surface area (Å²) in [4.78, 5) is 11.5. The quantitative estimate of drug-likeness (QED) is 0.925. The number of fused-ring (bicyclic) bond motifs is 1. The largest absolute Gasteiger partial charge is 0.486 e. The number of halogens is 1. The summed E-state index contributed by atoms with van der Waals surface area (Å²) >= 11 is 0. The van der Waals surface area contributed by atoms with Gasteiger partial charge < -0.3 is 14.6 Å². The molecule has 0 radical (unpaired) electrons. The Morgan fingerprint density at radius 2 is 1.80 bits per heavy atom. The predicted molar refractivity (Wildman–Crippen MR) is 70.1 cm³/mol. The van der Waals surface area contributed by atoms with Crippen molar-refractivity contribution in [2.45, 2.75) is 37.8 Å². The van der Waals surface area contributed by atoms with Crippen LogP contribution in [-0.2, 0) is 15.9 Å². The number of benzene rings is 1. The molecule has 0 unspecified atom stereocenters. The van der Waals surface area contributed by atoms with Gasteiger partial charge in [0.05, 0.1) is 5.41 Å². The Kier molecular flexibility index (Phi) is 2.71. The molecule has 1 heterocycles. The number of ether oxygens (including phenoxy) is 2. The maximum Gasteiger partial charge on any atom is 0.314 e. The molecule has 0 amide bonds. The zero-order valence-corrected chi connectivity index (χ0v) is 11.5. The van der Waals surface area contributed by atoms with E-state index >= 15 is 0 Å². The molecule has 2 aliphatic rings. The fourth-order valence-corrected chi connectivity index (χ4v) is 2.70. The summed E-state index contributed by atoms with van der Waals surface area (Å²) in [6.45, 7) is 3.70. The zero-order chi connectivity index (χ0) is 14.5. The van der Waals surface area contributed by atoms with Gasteiger partial charge in [0.15, 0.2) is 11.5 Å². The van der Waals surface area contributed by atoms with E-state index in [1.807, 2.05) is 0 Å². The molecule has 0 spiro atoms. The normalized spacial score (nSPS) is 19.6. The maximum absolute atomic E-state index is 14.5. The van der Waals surface area contributed by atoms with Crippen LogP contribution in [-0.4, -0.2) is 24.3 Å². The summed E-state index contributed by atoms with van der Waals surface area (Å²) in [6, 6.07) is 3.24. The van der Waals surface area contributed by atoms with Gasteiger partial charge in [0.2, 0.25) is 0 Å². The number of aliphatic carboxylic acids is 1. The van der Waals surface area contributed by atoms with E-state index in [0.717, 1.165) is 0 Å². The smallest absolute Gasteiger partial charge is 0.314 e. The van der Waals surface area contributed by atoms with Gasteiger partial charge in [0, 0.05) is 0 Å². The highest BCUT2D eigenvalue weighted by Gasteiger charge is 2.54. The van der Waals surface area contributed by atoms with E-state index in [0.29, 0.717) is 48.7 Å². The molecule has 20 heavy (non-hydrogen) atoms. The van der Waals surface area contributed by atoms with E-state index in [1.165, 1.54) is 13.8 Å². The van der Waals surface area contributed by atoms with Gasteiger partial charge in [0.1, 0.15) is 18.9 Å². The van der Waals surface area contributed by atoms with E-state index in [1.54, 1.807) is 12.1 Å². The Hall–Kier alpha value is -1.78. The minimum Gasteiger partial charge on any atom is -0.486 e. The topological polar surface area (TPSA) is 55.8 Å². The van der Waals surface area contributed by atoms with Crippen molar-refractivity contribution < 1.29 is 23.8 Å². The van der Waals surface area contributed by atoms with Crippen LogP contribution in [0.3, 0.4) is 0 Å². The Balaban J connectivity index is 2.19. The van der Waals surface area contributed by atoms with Crippen LogP contribution < -0.4 is 9.47 Å². The average molecular weight is 280 g/mol. The number of hydrogen-bond acceptors (Lipinski definition) is 3. The molecule has 1 saturated carbocycles. The molecule has 0 bridgehead atoms. The second kappa shape index (κ2) is 4.11. The molecule has 0 saturated heterocycles. The van der Waals surface area contributed by atoms with Crippen molar-refractivity contribution in [2.75, 3.05) is 13.2 Å². The molecule has 1 aromatic carbocycles. The standard InChI is InChI=1S/C15H17FO4/c1-14(2,16)9-7-11-12(20-6-5-19-11)8-10(9)15(3-4-15)13(17)18/h7-8H,3-6H2,1-2H3,(H,17,18). The lowest BCUT2D eigenvalue weighted by Crippen LogP contribution is -2.26. The van der Waals surface area contributed by atoms with Crippen LogP contribution in [0, 0.1) is 0 Å². The number of carboxylic acid groups (broad SMARTS) is 1. The minimum absolute atomic E-state index is 0.377. The van der Waals surface area contributed by atoms with Crippen molar-refractivity contribution in [1.29, 1.82) is 0 Å². The molecule has 1 N–H and O–H groups in total. The second-order valence-corrected chi connectivity index (χ2v) is 5.90. The number of carboxylic acids is 1. The van der Waals surface area contributed by atoms with Gasteiger partial charge in [-0.15, -0.1) is 0 Å². The first-order chi connectivity index (χ1) is 9.34. The van der Waals surface area contributed by atoms with E-state index in [2.05, 4.69) is 0 Å². The third-order valence-corrected chi connectivity index (χ3v) is 4.00. The van der Waals surface area contributed by atoms with E-state index in [4.69, 9.17) is 9.47 Å². The number of rotatable bonds is 3. The lowest BCUT2D eigenvalue weighted by atomic mass is 9.84. The summed E-state index contributed by atoms with van der Waals surface area (Å²) in [5.74, 6) is 0.0911. The number of alkyl halides is 1. The fraction of sp³-hybridized carbons (Fsp3) is 0.533. The summed E-state index contributed by atoms with van der Waals surface area (Å²) in [5, 5.41) is 9.46. The molecule has 0 atom stereocenters. The van der Waals surface area contributed by atoms with Gasteiger partial charge in [-0.05, 0) is 49.9 Å². The molecule has 5 heteroatoms. The van der Waals surface area contributed by atoms with Crippen molar-refractivity contribution in [3.8, 4) is 11.5 Å². The first-order valence-corrected chi connectivity index (χ1v) is 6.71. The van der Waals surface area contributed by atoms with Crippen molar-refractivity contribution >= 4 is 5.97 Å². The van der Waals surface area contributed by atoms with Crippen LogP contribution in [0.15, 0.2) is 12.1 Å². The van der Waals surface area contributed by atoms with Gasteiger partial charge in [-0.1, -0.05) is 0 Å². The molecule has 1 aromatic rings. The third-order valence-electron chi connectivity index (χ3n) is 4.00. The molecule has 3 rings (SSSR count). The highest BCUT2D eigenvalue weighted by Crippen LogP contribution is 2.53. The minimum atomic E-state index is -1.63. The monoisotopic (exact) mass is 280 g/mol. The molecule has 1 fully saturated rings. The van der Waals surface area contributed by atoms with E-state index < -0.39 is 17.1 Å². The highest BCUT2D eigenvalue weighted by molar-refractivity contribution is 5.86. The zero-order valence-electron chi connectivity index (χ0n) is 11.5. The van der Waals surface area contributed by atoms with Crippen molar-refractivity contribution in [1.82, 2.24) is 0 Å². The molecule has 1 aliphatic heterocycles. The molecule has 1 aliphatic carbocycles. The molecule has 4 nitrogen and oxygen atoms in total.